The molecule has 0 bridgehead atoms. The summed E-state index contributed by atoms with van der Waals surface area (Å²) in [5.41, 5.74) is 6.23. The molecule has 108 valence electrons. The van der Waals surface area contributed by atoms with Gasteiger partial charge in [0, 0.05) is 4.90 Å². The molecule has 0 unspecified atom stereocenters. The zero-order valence-electron chi connectivity index (χ0n) is 10.5. The first-order valence-corrected chi connectivity index (χ1v) is 8.03. The molecule has 3 aromatic rings. The van der Waals surface area contributed by atoms with Gasteiger partial charge in [0.1, 0.15) is 0 Å². The Hall–Kier alpha value is -1.44. The number of furan rings is 1. The minimum atomic E-state index is 0.353. The van der Waals surface area contributed by atoms with E-state index < -0.39 is 0 Å². The predicted molar refractivity (Wildman–Crippen MR) is 85.1 cm³/mol. The molecule has 3 rings (SSSR count). The number of thioether (sulfide) groups is 1. The molecular formula is C13H9BrClN3O2S. The fourth-order valence-electron chi connectivity index (χ4n) is 1.58. The lowest BCUT2D eigenvalue weighted by Gasteiger charge is -2.01. The Kier molecular flexibility index (Phi) is 4.23. The van der Waals surface area contributed by atoms with E-state index in [4.69, 9.17) is 26.2 Å². The first-order chi connectivity index (χ1) is 10.1. The highest BCUT2D eigenvalue weighted by molar-refractivity contribution is 9.10. The Bertz CT molecular complexity index is 774. The van der Waals surface area contributed by atoms with Gasteiger partial charge in [0.15, 0.2) is 10.4 Å². The summed E-state index contributed by atoms with van der Waals surface area (Å²) in [5, 5.41) is 8.47. The maximum absolute atomic E-state index is 5.98. The zero-order valence-corrected chi connectivity index (χ0v) is 13.7. The summed E-state index contributed by atoms with van der Waals surface area (Å²) in [6.07, 6.45) is 0. The van der Waals surface area contributed by atoms with Crippen LogP contribution in [0.3, 0.4) is 0 Å². The van der Waals surface area contributed by atoms with E-state index in [1.165, 1.54) is 11.8 Å². The molecule has 2 N–H and O–H groups in total. The summed E-state index contributed by atoms with van der Waals surface area (Å²) < 4.78 is 11.5. The number of anilines is 1. The molecule has 1 aromatic carbocycles. The summed E-state index contributed by atoms with van der Waals surface area (Å²) in [4.78, 5) is 0.981. The summed E-state index contributed by atoms with van der Waals surface area (Å²) in [5.74, 6) is 1.93. The van der Waals surface area contributed by atoms with Crippen LogP contribution in [0.4, 0.5) is 5.69 Å². The third-order valence-electron chi connectivity index (χ3n) is 2.59. The third-order valence-corrected chi connectivity index (χ3v) is 4.32. The molecule has 0 radical (unpaired) electrons. The number of benzene rings is 1. The summed E-state index contributed by atoms with van der Waals surface area (Å²) >= 11 is 10.7. The molecule has 0 amide bonds. The van der Waals surface area contributed by atoms with Crippen LogP contribution in [0.25, 0.3) is 11.7 Å². The second-order valence-corrected chi connectivity index (χ2v) is 6.31. The second-order valence-electron chi connectivity index (χ2n) is 4.08. The van der Waals surface area contributed by atoms with E-state index in [-0.39, 0.29) is 0 Å². The van der Waals surface area contributed by atoms with Gasteiger partial charge in [0.05, 0.1) is 16.5 Å². The van der Waals surface area contributed by atoms with Crippen LogP contribution in [-0.2, 0) is 5.75 Å². The van der Waals surface area contributed by atoms with Gasteiger partial charge in [0.25, 0.3) is 5.89 Å². The molecule has 2 heterocycles. The van der Waals surface area contributed by atoms with E-state index in [9.17, 15) is 0 Å². The minimum absolute atomic E-state index is 0.353. The zero-order chi connectivity index (χ0) is 14.8. The van der Waals surface area contributed by atoms with Crippen LogP contribution in [-0.4, -0.2) is 10.2 Å². The Balaban J connectivity index is 1.68. The monoisotopic (exact) mass is 385 g/mol. The van der Waals surface area contributed by atoms with E-state index >= 15 is 0 Å². The Morgan fingerprint density at radius 3 is 2.76 bits per heavy atom. The molecule has 0 saturated heterocycles. The second kappa shape index (κ2) is 6.13. The molecule has 5 nitrogen and oxygen atoms in total. The highest BCUT2D eigenvalue weighted by Crippen LogP contribution is 2.29. The topological polar surface area (TPSA) is 78.1 Å². The number of hydrogen-bond acceptors (Lipinski definition) is 6. The van der Waals surface area contributed by atoms with Crippen LogP contribution in [0.2, 0.25) is 5.02 Å². The van der Waals surface area contributed by atoms with Gasteiger partial charge in [-0.25, -0.2) is 0 Å². The molecule has 0 aliphatic carbocycles. The quantitative estimate of drug-likeness (QED) is 0.520. The molecule has 0 atom stereocenters. The van der Waals surface area contributed by atoms with Crippen molar-refractivity contribution in [1.82, 2.24) is 10.2 Å². The Labute approximate surface area is 138 Å². The molecule has 8 heteroatoms. The Morgan fingerprint density at radius 2 is 2.05 bits per heavy atom. The van der Waals surface area contributed by atoms with Crippen molar-refractivity contribution in [3.63, 3.8) is 0 Å². The van der Waals surface area contributed by atoms with E-state index in [0.29, 0.717) is 38.7 Å². The van der Waals surface area contributed by atoms with Gasteiger partial charge in [-0.15, -0.1) is 22.0 Å². The third kappa shape index (κ3) is 3.42. The van der Waals surface area contributed by atoms with Crippen molar-refractivity contribution in [1.29, 1.82) is 0 Å². The average Bonchev–Trinajstić information content (AvgIpc) is 3.09. The van der Waals surface area contributed by atoms with Crippen molar-refractivity contribution in [2.24, 2.45) is 0 Å². The normalized spacial score (nSPS) is 11.0. The van der Waals surface area contributed by atoms with Gasteiger partial charge in [-0.05, 0) is 46.3 Å². The smallest absolute Gasteiger partial charge is 0.283 e. The molecule has 0 aliphatic rings. The van der Waals surface area contributed by atoms with Crippen molar-refractivity contribution < 1.29 is 8.83 Å². The SMILES string of the molecule is Nc1ccc(SCc2nnc(-c3ccc(Br)o3)o2)cc1Cl. The maximum Gasteiger partial charge on any atom is 0.283 e. The van der Waals surface area contributed by atoms with Crippen molar-refractivity contribution in [3.8, 4) is 11.7 Å². The van der Waals surface area contributed by atoms with Gasteiger partial charge >= 0.3 is 0 Å². The number of nitrogens with zero attached hydrogens (tertiary/aromatic N) is 2. The van der Waals surface area contributed by atoms with Crippen LogP contribution in [0.15, 0.2) is 48.7 Å². The lowest BCUT2D eigenvalue weighted by molar-refractivity contribution is 0.486. The van der Waals surface area contributed by atoms with Crippen LogP contribution in [0.1, 0.15) is 5.89 Å². The molecule has 0 spiro atoms. The lowest BCUT2D eigenvalue weighted by Crippen LogP contribution is -1.86. The molecule has 0 aliphatic heterocycles. The fraction of sp³-hybridized carbons (Fsp3) is 0.0769. The van der Waals surface area contributed by atoms with Gasteiger partial charge in [-0.2, -0.15) is 0 Å². The fourth-order valence-corrected chi connectivity index (χ4v) is 2.91. The van der Waals surface area contributed by atoms with E-state index in [1.54, 1.807) is 18.2 Å². The van der Waals surface area contributed by atoms with Crippen LogP contribution >= 0.6 is 39.3 Å². The van der Waals surface area contributed by atoms with E-state index in [1.807, 2.05) is 12.1 Å². The van der Waals surface area contributed by atoms with Crippen molar-refractivity contribution in [2.45, 2.75) is 10.6 Å². The van der Waals surface area contributed by atoms with E-state index in [2.05, 4.69) is 26.1 Å². The van der Waals surface area contributed by atoms with Crippen LogP contribution in [0.5, 0.6) is 0 Å². The van der Waals surface area contributed by atoms with Crippen molar-refractivity contribution >= 4 is 45.0 Å². The summed E-state index contributed by atoms with van der Waals surface area (Å²) in [6, 6.07) is 9.00. The number of nitrogens with two attached hydrogens (primary N) is 1. The van der Waals surface area contributed by atoms with Crippen LogP contribution < -0.4 is 5.73 Å². The molecular weight excluding hydrogens is 378 g/mol. The van der Waals surface area contributed by atoms with E-state index in [0.717, 1.165) is 4.90 Å². The largest absolute Gasteiger partial charge is 0.444 e. The van der Waals surface area contributed by atoms with Gasteiger partial charge in [-0.1, -0.05) is 11.6 Å². The average molecular weight is 387 g/mol. The first kappa shape index (κ1) is 14.5. The maximum atomic E-state index is 5.98. The number of aromatic nitrogens is 2. The minimum Gasteiger partial charge on any atom is -0.444 e. The number of hydrogen-bond donors (Lipinski definition) is 1. The number of rotatable bonds is 4. The molecule has 21 heavy (non-hydrogen) atoms. The highest BCUT2D eigenvalue weighted by Gasteiger charge is 2.12. The van der Waals surface area contributed by atoms with Crippen molar-refractivity contribution in [2.75, 3.05) is 5.73 Å². The molecule has 0 saturated carbocycles. The molecule has 0 fully saturated rings. The van der Waals surface area contributed by atoms with Gasteiger partial charge in [-0.3, -0.25) is 0 Å². The number of halogens is 2. The van der Waals surface area contributed by atoms with Gasteiger partial charge < -0.3 is 14.6 Å². The summed E-state index contributed by atoms with van der Waals surface area (Å²) in [7, 11) is 0. The Morgan fingerprint density at radius 1 is 1.19 bits per heavy atom. The molecule has 2 aromatic heterocycles. The van der Waals surface area contributed by atoms with Crippen LogP contribution in [0, 0.1) is 0 Å². The highest BCUT2D eigenvalue weighted by atomic mass is 79.9. The summed E-state index contributed by atoms with van der Waals surface area (Å²) in [6.45, 7) is 0. The number of nitrogen functional groups attached to an aromatic ring is 1. The van der Waals surface area contributed by atoms with Gasteiger partial charge in [0.2, 0.25) is 5.89 Å². The lowest BCUT2D eigenvalue weighted by atomic mass is 10.3. The predicted octanol–water partition coefficient (Wildman–Crippen LogP) is 4.62. The van der Waals surface area contributed by atoms with Crippen molar-refractivity contribution in [3.05, 3.63) is 45.9 Å². The standard InChI is InChI=1S/C13H9BrClN3O2S/c14-11-4-3-10(19-11)13-18-17-12(20-13)6-21-7-1-2-9(16)8(15)5-7/h1-5H,6,16H2. The first-order valence-electron chi connectivity index (χ1n) is 5.88.